The maximum Gasteiger partial charge on any atom is 0.320 e. The van der Waals surface area contributed by atoms with Crippen molar-refractivity contribution in [2.24, 2.45) is 11.5 Å². The SMILES string of the molecule is N=C(N)NCCCCCCC(N)C(=O)O. The number of nitrogens with two attached hydrogens (primary N) is 2. The lowest BCUT2D eigenvalue weighted by Gasteiger charge is -2.06. The molecule has 0 aromatic rings. The Labute approximate surface area is 89.5 Å². The van der Waals surface area contributed by atoms with Crippen molar-refractivity contribution < 1.29 is 9.90 Å². The van der Waals surface area contributed by atoms with E-state index in [2.05, 4.69) is 5.32 Å². The van der Waals surface area contributed by atoms with Crippen molar-refractivity contribution in [2.75, 3.05) is 6.54 Å². The van der Waals surface area contributed by atoms with Crippen molar-refractivity contribution in [3.05, 3.63) is 0 Å². The summed E-state index contributed by atoms with van der Waals surface area (Å²) in [6.45, 7) is 0.695. The maximum absolute atomic E-state index is 10.4. The molecule has 0 spiro atoms. The number of hydrogen-bond donors (Lipinski definition) is 5. The summed E-state index contributed by atoms with van der Waals surface area (Å²) in [4.78, 5) is 10.4. The summed E-state index contributed by atoms with van der Waals surface area (Å²) in [6.07, 6.45) is 4.23. The first-order chi connectivity index (χ1) is 7.04. The minimum absolute atomic E-state index is 0.0112. The van der Waals surface area contributed by atoms with Crippen molar-refractivity contribution in [1.82, 2.24) is 5.32 Å². The summed E-state index contributed by atoms with van der Waals surface area (Å²) in [5.74, 6) is -0.948. The van der Waals surface area contributed by atoms with Gasteiger partial charge in [-0.15, -0.1) is 0 Å². The van der Waals surface area contributed by atoms with Gasteiger partial charge < -0.3 is 21.9 Å². The standard InChI is InChI=1S/C9H20N4O2/c10-7(8(14)15)5-3-1-2-4-6-13-9(11)12/h7H,1-6,10H2,(H,14,15)(H4,11,12,13). The molecule has 6 heteroatoms. The van der Waals surface area contributed by atoms with Gasteiger partial charge in [-0.2, -0.15) is 0 Å². The minimum Gasteiger partial charge on any atom is -0.480 e. The molecule has 1 atom stereocenters. The Kier molecular flexibility index (Phi) is 7.35. The fraction of sp³-hybridized carbons (Fsp3) is 0.778. The molecule has 15 heavy (non-hydrogen) atoms. The van der Waals surface area contributed by atoms with Crippen molar-refractivity contribution in [2.45, 2.75) is 38.1 Å². The first-order valence-electron chi connectivity index (χ1n) is 5.10. The monoisotopic (exact) mass is 216 g/mol. The molecule has 0 rings (SSSR count). The Hall–Kier alpha value is -1.30. The predicted octanol–water partition coefficient (Wildman–Crippen LogP) is -0.168. The molecule has 0 aliphatic carbocycles. The average Bonchev–Trinajstić information content (AvgIpc) is 2.15. The van der Waals surface area contributed by atoms with Crippen LogP contribution in [0.4, 0.5) is 0 Å². The van der Waals surface area contributed by atoms with Crippen molar-refractivity contribution >= 4 is 11.9 Å². The summed E-state index contributed by atoms with van der Waals surface area (Å²) in [6, 6.07) is -0.736. The Morgan fingerprint density at radius 2 is 1.93 bits per heavy atom. The number of carboxylic acid groups (broad SMARTS) is 1. The zero-order valence-corrected chi connectivity index (χ0v) is 8.83. The van der Waals surface area contributed by atoms with Crippen LogP contribution in [0.15, 0.2) is 0 Å². The van der Waals surface area contributed by atoms with E-state index < -0.39 is 12.0 Å². The summed E-state index contributed by atoms with van der Waals surface area (Å²) >= 11 is 0. The van der Waals surface area contributed by atoms with Gasteiger partial charge in [-0.05, 0) is 12.8 Å². The van der Waals surface area contributed by atoms with Crippen LogP contribution in [0.2, 0.25) is 0 Å². The molecule has 0 saturated carbocycles. The molecule has 7 N–H and O–H groups in total. The lowest BCUT2D eigenvalue weighted by Crippen LogP contribution is -2.31. The maximum atomic E-state index is 10.4. The highest BCUT2D eigenvalue weighted by Crippen LogP contribution is 2.04. The van der Waals surface area contributed by atoms with Crippen LogP contribution in [0.1, 0.15) is 32.1 Å². The molecule has 1 unspecified atom stereocenters. The van der Waals surface area contributed by atoms with Crippen LogP contribution < -0.4 is 16.8 Å². The van der Waals surface area contributed by atoms with Gasteiger partial charge >= 0.3 is 5.97 Å². The molecule has 0 radical (unpaired) electrons. The molecule has 0 aromatic carbocycles. The minimum atomic E-state index is -0.937. The van der Waals surface area contributed by atoms with E-state index >= 15 is 0 Å². The zero-order chi connectivity index (χ0) is 11.7. The molecule has 0 fully saturated rings. The number of rotatable bonds is 8. The number of nitrogens with one attached hydrogen (secondary N) is 2. The highest BCUT2D eigenvalue weighted by molar-refractivity contribution is 5.74. The van der Waals surface area contributed by atoms with Gasteiger partial charge in [0.15, 0.2) is 5.96 Å². The Morgan fingerprint density at radius 3 is 2.47 bits per heavy atom. The Bertz CT molecular complexity index is 208. The van der Waals surface area contributed by atoms with Gasteiger partial charge in [0.2, 0.25) is 0 Å². The van der Waals surface area contributed by atoms with E-state index in [4.69, 9.17) is 22.0 Å². The number of aliphatic carboxylic acids is 1. The van der Waals surface area contributed by atoms with E-state index in [1.807, 2.05) is 0 Å². The topological polar surface area (TPSA) is 125 Å². The average molecular weight is 216 g/mol. The van der Waals surface area contributed by atoms with Crippen LogP contribution in [0.5, 0.6) is 0 Å². The van der Waals surface area contributed by atoms with Crippen LogP contribution >= 0.6 is 0 Å². The van der Waals surface area contributed by atoms with Crippen molar-refractivity contribution in [3.63, 3.8) is 0 Å². The van der Waals surface area contributed by atoms with Crippen LogP contribution in [-0.2, 0) is 4.79 Å². The van der Waals surface area contributed by atoms with Gasteiger partial charge in [0, 0.05) is 6.54 Å². The highest BCUT2D eigenvalue weighted by Gasteiger charge is 2.09. The molecule has 0 bridgehead atoms. The highest BCUT2D eigenvalue weighted by atomic mass is 16.4. The van der Waals surface area contributed by atoms with Gasteiger partial charge in [0.1, 0.15) is 6.04 Å². The molecule has 0 aromatic heterocycles. The summed E-state index contributed by atoms with van der Waals surface area (Å²) < 4.78 is 0. The quantitative estimate of drug-likeness (QED) is 0.219. The van der Waals surface area contributed by atoms with E-state index in [0.717, 1.165) is 25.7 Å². The molecular formula is C9H20N4O2. The number of carboxylic acids is 1. The molecule has 0 aliphatic heterocycles. The molecular weight excluding hydrogens is 196 g/mol. The van der Waals surface area contributed by atoms with Gasteiger partial charge in [-0.25, -0.2) is 0 Å². The smallest absolute Gasteiger partial charge is 0.320 e. The summed E-state index contributed by atoms with van der Waals surface area (Å²) in [5.41, 5.74) is 10.4. The number of unbranched alkanes of at least 4 members (excludes halogenated alkanes) is 3. The van der Waals surface area contributed by atoms with E-state index in [9.17, 15) is 4.79 Å². The van der Waals surface area contributed by atoms with E-state index in [-0.39, 0.29) is 5.96 Å². The van der Waals surface area contributed by atoms with Gasteiger partial charge in [0.25, 0.3) is 0 Å². The third-order valence-corrected chi connectivity index (χ3v) is 2.07. The number of carbonyl (C=O) groups is 1. The van der Waals surface area contributed by atoms with Crippen LogP contribution in [-0.4, -0.2) is 29.6 Å². The van der Waals surface area contributed by atoms with Gasteiger partial charge in [-0.1, -0.05) is 19.3 Å². The molecule has 6 nitrogen and oxygen atoms in total. The second kappa shape index (κ2) is 8.05. The molecule has 88 valence electrons. The second-order valence-corrected chi connectivity index (χ2v) is 3.49. The van der Waals surface area contributed by atoms with Crippen LogP contribution in [0.3, 0.4) is 0 Å². The molecule has 0 aliphatic rings. The van der Waals surface area contributed by atoms with E-state index in [0.29, 0.717) is 13.0 Å². The second-order valence-electron chi connectivity index (χ2n) is 3.49. The van der Waals surface area contributed by atoms with Crippen molar-refractivity contribution in [3.8, 4) is 0 Å². The normalized spacial score (nSPS) is 12.1. The van der Waals surface area contributed by atoms with Crippen LogP contribution in [0, 0.1) is 5.41 Å². The van der Waals surface area contributed by atoms with Crippen molar-refractivity contribution in [1.29, 1.82) is 5.41 Å². The third kappa shape index (κ3) is 9.01. The first kappa shape index (κ1) is 13.7. The molecule has 0 amide bonds. The third-order valence-electron chi connectivity index (χ3n) is 2.07. The number of guanidine groups is 1. The fourth-order valence-corrected chi connectivity index (χ4v) is 1.19. The largest absolute Gasteiger partial charge is 0.480 e. The van der Waals surface area contributed by atoms with Gasteiger partial charge in [0.05, 0.1) is 0 Å². The Balaban J connectivity index is 3.18. The van der Waals surface area contributed by atoms with E-state index in [1.165, 1.54) is 0 Å². The zero-order valence-electron chi connectivity index (χ0n) is 8.83. The van der Waals surface area contributed by atoms with Gasteiger partial charge in [-0.3, -0.25) is 10.2 Å². The molecule has 0 saturated heterocycles. The predicted molar refractivity (Wildman–Crippen MR) is 58.6 cm³/mol. The Morgan fingerprint density at radius 1 is 1.33 bits per heavy atom. The summed E-state index contributed by atoms with van der Waals surface area (Å²) in [7, 11) is 0. The lowest BCUT2D eigenvalue weighted by molar-refractivity contribution is -0.138. The fourth-order valence-electron chi connectivity index (χ4n) is 1.19. The van der Waals surface area contributed by atoms with Crippen LogP contribution in [0.25, 0.3) is 0 Å². The summed E-state index contributed by atoms with van der Waals surface area (Å²) in [5, 5.41) is 18.1. The van der Waals surface area contributed by atoms with E-state index in [1.54, 1.807) is 0 Å². The first-order valence-corrected chi connectivity index (χ1v) is 5.10. The lowest BCUT2D eigenvalue weighted by atomic mass is 10.1. The molecule has 0 heterocycles. The number of hydrogen-bond acceptors (Lipinski definition) is 3.